The highest BCUT2D eigenvalue weighted by Gasteiger charge is 2.69. The molecule has 0 aromatic carbocycles. The molecule has 0 radical (unpaired) electrons. The summed E-state index contributed by atoms with van der Waals surface area (Å²) >= 11 is 0. The fraction of sp³-hybridized carbons (Fsp3) is 0.640. The van der Waals surface area contributed by atoms with Crippen molar-refractivity contribution < 1.29 is 24.2 Å². The number of aliphatic hydroxyl groups is 1. The quantitative estimate of drug-likeness (QED) is 0.712. The predicted molar refractivity (Wildman–Crippen MR) is 112 cm³/mol. The Hall–Kier alpha value is -2.01. The number of carbonyl (C=O) groups excluding carboxylic acids is 3. The standard InChI is InChI=1S/C25H32O5/c1-5-6-21(29)30-25(15(2)26)12-10-19-18-8-7-16-13-17(27)9-11-23(16,3)22(18)20(28)14-24(19,25)4/h7-9,11,13,18-20,22,28H,5-6,10,12,14H2,1-4H3/t18-,19-,20?,22+,23-,24-,25-/m0/s1. The Morgan fingerprint density at radius 3 is 2.67 bits per heavy atom. The zero-order valence-corrected chi connectivity index (χ0v) is 18.3. The van der Waals surface area contributed by atoms with Gasteiger partial charge in [-0.05, 0) is 62.2 Å². The molecule has 0 aromatic rings. The van der Waals surface area contributed by atoms with E-state index in [-0.39, 0.29) is 41.7 Å². The van der Waals surface area contributed by atoms with E-state index >= 15 is 0 Å². The topological polar surface area (TPSA) is 80.7 Å². The van der Waals surface area contributed by atoms with Gasteiger partial charge in [-0.25, -0.2) is 0 Å². The van der Waals surface area contributed by atoms with Gasteiger partial charge in [0.05, 0.1) is 6.10 Å². The van der Waals surface area contributed by atoms with Crippen molar-refractivity contribution in [2.24, 2.45) is 28.6 Å². The molecule has 162 valence electrons. The summed E-state index contributed by atoms with van der Waals surface area (Å²) in [5.74, 6) is -0.409. The van der Waals surface area contributed by atoms with Crippen molar-refractivity contribution in [2.75, 3.05) is 0 Å². The fourth-order valence-corrected chi connectivity index (χ4v) is 7.04. The monoisotopic (exact) mass is 412 g/mol. The van der Waals surface area contributed by atoms with Crippen LogP contribution in [0.4, 0.5) is 0 Å². The van der Waals surface area contributed by atoms with Crippen molar-refractivity contribution in [1.82, 2.24) is 0 Å². The third-order valence-electron chi connectivity index (χ3n) is 8.49. The summed E-state index contributed by atoms with van der Waals surface area (Å²) in [6.07, 6.45) is 11.3. The van der Waals surface area contributed by atoms with E-state index in [1.807, 2.05) is 26.0 Å². The van der Waals surface area contributed by atoms with Gasteiger partial charge in [0.25, 0.3) is 0 Å². The van der Waals surface area contributed by atoms with Gasteiger partial charge in [-0.2, -0.15) is 0 Å². The number of ketones is 2. The number of fused-ring (bicyclic) bond motifs is 5. The minimum absolute atomic E-state index is 0.0278. The van der Waals surface area contributed by atoms with Crippen molar-refractivity contribution in [1.29, 1.82) is 0 Å². The number of aliphatic hydroxyl groups excluding tert-OH is 1. The van der Waals surface area contributed by atoms with Crippen molar-refractivity contribution in [2.45, 2.75) is 71.5 Å². The molecule has 0 amide bonds. The summed E-state index contributed by atoms with van der Waals surface area (Å²) in [4.78, 5) is 37.3. The number of carbonyl (C=O) groups is 3. The van der Waals surface area contributed by atoms with E-state index in [1.165, 1.54) is 6.92 Å². The molecule has 30 heavy (non-hydrogen) atoms. The van der Waals surface area contributed by atoms with E-state index in [0.29, 0.717) is 19.3 Å². The van der Waals surface area contributed by atoms with E-state index < -0.39 is 22.5 Å². The van der Waals surface area contributed by atoms with Gasteiger partial charge < -0.3 is 9.84 Å². The van der Waals surface area contributed by atoms with Crippen LogP contribution >= 0.6 is 0 Å². The van der Waals surface area contributed by atoms with Crippen LogP contribution in [0.1, 0.15) is 59.8 Å². The van der Waals surface area contributed by atoms with Crippen LogP contribution in [-0.4, -0.2) is 34.3 Å². The largest absolute Gasteiger partial charge is 0.450 e. The van der Waals surface area contributed by atoms with Crippen LogP contribution in [0.5, 0.6) is 0 Å². The van der Waals surface area contributed by atoms with Gasteiger partial charge in [-0.15, -0.1) is 0 Å². The zero-order valence-electron chi connectivity index (χ0n) is 18.3. The van der Waals surface area contributed by atoms with Crippen LogP contribution in [0.2, 0.25) is 0 Å². The minimum Gasteiger partial charge on any atom is -0.450 e. The maximum absolute atomic E-state index is 12.9. The van der Waals surface area contributed by atoms with Gasteiger partial charge in [-0.1, -0.05) is 39.0 Å². The second kappa shape index (κ2) is 7.01. The lowest BCUT2D eigenvalue weighted by atomic mass is 9.48. The molecule has 0 aromatic heterocycles. The first-order valence-electron chi connectivity index (χ1n) is 11.1. The molecule has 2 saturated carbocycles. The number of Topliss-reactive ketones (excluding diaryl/α,β-unsaturated/α-hetero) is 1. The number of rotatable bonds is 4. The van der Waals surface area contributed by atoms with Gasteiger partial charge in [0.15, 0.2) is 17.2 Å². The predicted octanol–water partition coefficient (Wildman–Crippen LogP) is 3.71. The summed E-state index contributed by atoms with van der Waals surface area (Å²) < 4.78 is 5.95. The number of esters is 1. The SMILES string of the molecule is CCCC(=O)O[C@]1(C(C)=O)CC[C@H]2[C@@H]3C=CC4=CC(=O)C=C[C@]4(C)[C@H]3C(O)C[C@@]21C. The van der Waals surface area contributed by atoms with Gasteiger partial charge in [-0.3, -0.25) is 14.4 Å². The normalized spacial score (nSPS) is 44.0. The Morgan fingerprint density at radius 1 is 1.27 bits per heavy atom. The molecule has 1 N–H and O–H groups in total. The average Bonchev–Trinajstić information content (AvgIpc) is 2.95. The number of hydrogen-bond acceptors (Lipinski definition) is 5. The molecule has 4 aliphatic rings. The Kier molecular flexibility index (Phi) is 4.96. The van der Waals surface area contributed by atoms with Crippen LogP contribution in [0, 0.1) is 28.6 Å². The van der Waals surface area contributed by atoms with E-state index in [9.17, 15) is 19.5 Å². The van der Waals surface area contributed by atoms with Crippen molar-refractivity contribution >= 4 is 17.5 Å². The highest BCUT2D eigenvalue weighted by Crippen LogP contribution is 2.66. The fourth-order valence-electron chi connectivity index (χ4n) is 7.04. The first-order valence-corrected chi connectivity index (χ1v) is 11.1. The van der Waals surface area contributed by atoms with E-state index in [1.54, 1.807) is 12.2 Å². The Bertz CT molecular complexity index is 882. The number of ether oxygens (including phenoxy) is 1. The molecule has 0 spiro atoms. The van der Waals surface area contributed by atoms with Crippen molar-refractivity contribution in [3.63, 3.8) is 0 Å². The summed E-state index contributed by atoms with van der Waals surface area (Å²) in [7, 11) is 0. The lowest BCUT2D eigenvalue weighted by molar-refractivity contribution is -0.194. The third-order valence-corrected chi connectivity index (χ3v) is 8.49. The summed E-state index contributed by atoms with van der Waals surface area (Å²) in [6.45, 7) is 7.53. The van der Waals surface area contributed by atoms with Gasteiger partial charge in [0.1, 0.15) is 0 Å². The highest BCUT2D eigenvalue weighted by molar-refractivity contribution is 6.01. The molecule has 0 saturated heterocycles. The minimum atomic E-state index is -1.18. The van der Waals surface area contributed by atoms with Crippen LogP contribution in [0.15, 0.2) is 36.0 Å². The molecule has 0 heterocycles. The van der Waals surface area contributed by atoms with Crippen LogP contribution < -0.4 is 0 Å². The van der Waals surface area contributed by atoms with Crippen LogP contribution in [-0.2, 0) is 19.1 Å². The molecular formula is C25H32O5. The van der Waals surface area contributed by atoms with Crippen LogP contribution in [0.25, 0.3) is 0 Å². The van der Waals surface area contributed by atoms with Gasteiger partial charge in [0.2, 0.25) is 0 Å². The van der Waals surface area contributed by atoms with Crippen molar-refractivity contribution in [3.05, 3.63) is 36.0 Å². The molecule has 2 fully saturated rings. The molecule has 7 atom stereocenters. The molecule has 5 nitrogen and oxygen atoms in total. The Labute approximate surface area is 178 Å². The summed E-state index contributed by atoms with van der Waals surface area (Å²) in [5, 5.41) is 11.4. The molecule has 1 unspecified atom stereocenters. The molecule has 5 heteroatoms. The molecule has 4 rings (SSSR count). The Balaban J connectivity index is 1.76. The third kappa shape index (κ3) is 2.74. The summed E-state index contributed by atoms with van der Waals surface area (Å²) in [5.41, 5.74) is -1.30. The first kappa shape index (κ1) is 21.2. The smallest absolute Gasteiger partial charge is 0.306 e. The zero-order chi connectivity index (χ0) is 21.9. The first-order chi connectivity index (χ1) is 14.1. The number of allylic oxidation sites excluding steroid dienone is 6. The van der Waals surface area contributed by atoms with Crippen LogP contribution in [0.3, 0.4) is 0 Å². The van der Waals surface area contributed by atoms with E-state index in [2.05, 4.69) is 13.0 Å². The maximum atomic E-state index is 12.9. The Morgan fingerprint density at radius 2 is 2.00 bits per heavy atom. The summed E-state index contributed by atoms with van der Waals surface area (Å²) in [6, 6.07) is 0. The maximum Gasteiger partial charge on any atom is 0.306 e. The lowest BCUT2D eigenvalue weighted by Crippen LogP contribution is -2.61. The lowest BCUT2D eigenvalue weighted by Gasteiger charge is -2.58. The van der Waals surface area contributed by atoms with Gasteiger partial charge >= 0.3 is 5.97 Å². The van der Waals surface area contributed by atoms with Crippen molar-refractivity contribution in [3.8, 4) is 0 Å². The molecular weight excluding hydrogens is 380 g/mol. The second-order valence-electron chi connectivity index (χ2n) is 10.0. The molecule has 4 aliphatic carbocycles. The average molecular weight is 413 g/mol. The van der Waals surface area contributed by atoms with Gasteiger partial charge in [0, 0.05) is 23.2 Å². The molecule has 0 aliphatic heterocycles. The number of hydrogen-bond donors (Lipinski definition) is 1. The second-order valence-corrected chi connectivity index (χ2v) is 10.0. The highest BCUT2D eigenvalue weighted by atomic mass is 16.6. The molecule has 0 bridgehead atoms. The van der Waals surface area contributed by atoms with E-state index in [4.69, 9.17) is 4.74 Å². The van der Waals surface area contributed by atoms with E-state index in [0.717, 1.165) is 12.0 Å².